The third kappa shape index (κ3) is 5.45. The number of hydrogen-bond acceptors (Lipinski definition) is 3. The average Bonchev–Trinajstić information content (AvgIpc) is 2.19. The van der Waals surface area contributed by atoms with Gasteiger partial charge in [0.15, 0.2) is 11.6 Å². The molecule has 0 radical (unpaired) electrons. The monoisotopic (exact) mass is 1040 g/mol. The maximum atomic E-state index is 5.67. The zero-order valence-corrected chi connectivity index (χ0v) is 44.2. The molecule has 4 aliphatic rings. The van der Waals surface area contributed by atoms with Gasteiger partial charge in [-0.15, -0.1) is 0 Å². The normalized spacial score (nSPS) is 15.2. The molecule has 5 nitrogen and oxygen atoms in total. The van der Waals surface area contributed by atoms with Crippen LogP contribution in [0.4, 0.5) is 0 Å². The molecule has 0 amide bonds. The molecule has 4 aliphatic carbocycles. The molecule has 3 heterocycles. The van der Waals surface area contributed by atoms with Gasteiger partial charge < -0.3 is 4.57 Å². The average molecular weight is 1040 g/mol. The molecule has 82 heavy (non-hydrogen) atoms. The van der Waals surface area contributed by atoms with Crippen LogP contribution in [0.5, 0.6) is 0 Å². The lowest BCUT2D eigenvalue weighted by atomic mass is 9.70. The van der Waals surface area contributed by atoms with E-state index in [0.717, 1.165) is 38.6 Å². The van der Waals surface area contributed by atoms with Gasteiger partial charge in [-0.3, -0.25) is 4.57 Å². The summed E-state index contributed by atoms with van der Waals surface area (Å²) in [6.07, 6.45) is 0. The van der Waals surface area contributed by atoms with E-state index in [-0.39, 0.29) is 0 Å². The Morgan fingerprint density at radius 2 is 0.524 bits per heavy atom. The maximum absolute atomic E-state index is 5.67. The van der Waals surface area contributed by atoms with E-state index in [1.165, 1.54) is 111 Å². The lowest BCUT2D eigenvalue weighted by Gasteiger charge is -2.31. The van der Waals surface area contributed by atoms with Crippen LogP contribution in [0.3, 0.4) is 0 Å². The van der Waals surface area contributed by atoms with Gasteiger partial charge in [-0.05, 0) is 138 Å². The van der Waals surface area contributed by atoms with E-state index in [2.05, 4.69) is 282 Å². The van der Waals surface area contributed by atoms with Gasteiger partial charge in [-0.2, -0.15) is 9.97 Å². The van der Waals surface area contributed by atoms with Crippen molar-refractivity contribution in [2.45, 2.75) is 10.8 Å². The van der Waals surface area contributed by atoms with Crippen molar-refractivity contribution >= 4 is 43.6 Å². The second-order valence-corrected chi connectivity index (χ2v) is 22.5. The fourth-order valence-corrected chi connectivity index (χ4v) is 15.7. The molecule has 0 aliphatic heterocycles. The van der Waals surface area contributed by atoms with E-state index >= 15 is 0 Å². The van der Waals surface area contributed by atoms with E-state index in [1.54, 1.807) is 0 Å². The summed E-state index contributed by atoms with van der Waals surface area (Å²) >= 11 is 0. The van der Waals surface area contributed by atoms with Gasteiger partial charge in [0.1, 0.15) is 0 Å². The first kappa shape index (κ1) is 44.1. The summed E-state index contributed by atoms with van der Waals surface area (Å²) in [5.74, 6) is 1.79. The highest BCUT2D eigenvalue weighted by Crippen LogP contribution is 2.65. The van der Waals surface area contributed by atoms with Crippen LogP contribution in [0, 0.1) is 0 Å². The Morgan fingerprint density at radius 3 is 0.915 bits per heavy atom. The molecule has 1 unspecified atom stereocenters. The lowest BCUT2D eigenvalue weighted by Crippen LogP contribution is -2.26. The quantitative estimate of drug-likeness (QED) is 0.176. The number of para-hydroxylation sites is 4. The van der Waals surface area contributed by atoms with Crippen molar-refractivity contribution in [1.82, 2.24) is 24.1 Å². The maximum Gasteiger partial charge on any atom is 0.238 e. The van der Waals surface area contributed by atoms with Crippen LogP contribution in [0.1, 0.15) is 44.5 Å². The number of hydrogen-bond donors (Lipinski definition) is 0. The molecule has 12 aromatic carbocycles. The Balaban J connectivity index is 0.867. The zero-order valence-electron chi connectivity index (χ0n) is 44.2. The second kappa shape index (κ2) is 16.0. The molecule has 19 rings (SSSR count). The van der Waals surface area contributed by atoms with Gasteiger partial charge in [0.05, 0.1) is 32.9 Å². The SMILES string of the molecule is c1ccc2c(c1)-c1ccccc1C21c2ccccc2-c2ccc(-c3nc(-c4ccc5c(c4)C4(c6ccccc6-5)c5ccccc5-c5ccc(-n6c7ccccc7c7ccccc76)cc54)nc(-n4c5ccccc5c5ccccc54)n3)cc21. The lowest BCUT2D eigenvalue weighted by molar-refractivity contribution is 0.792. The zero-order chi connectivity index (χ0) is 53.4. The van der Waals surface area contributed by atoms with Crippen LogP contribution in [0.15, 0.2) is 273 Å². The minimum Gasteiger partial charge on any atom is -0.309 e. The molecule has 2 spiro atoms. The third-order valence-corrected chi connectivity index (χ3v) is 18.8. The van der Waals surface area contributed by atoms with Gasteiger partial charge in [-0.1, -0.05) is 224 Å². The van der Waals surface area contributed by atoms with Crippen LogP contribution in [0.2, 0.25) is 0 Å². The Hall–Kier alpha value is -10.8. The van der Waals surface area contributed by atoms with Gasteiger partial charge in [0.2, 0.25) is 5.95 Å². The van der Waals surface area contributed by atoms with Gasteiger partial charge in [-0.25, -0.2) is 4.98 Å². The van der Waals surface area contributed by atoms with Crippen LogP contribution < -0.4 is 0 Å². The summed E-state index contributed by atoms with van der Waals surface area (Å²) in [6, 6.07) is 101. The smallest absolute Gasteiger partial charge is 0.238 e. The molecular formula is C77H45N5. The minimum absolute atomic E-state index is 0.529. The first-order valence-corrected chi connectivity index (χ1v) is 28.3. The summed E-state index contributed by atoms with van der Waals surface area (Å²) in [5, 5.41) is 4.78. The Morgan fingerprint density at radius 1 is 0.232 bits per heavy atom. The Kier molecular flexibility index (Phi) is 8.60. The third-order valence-electron chi connectivity index (χ3n) is 18.8. The van der Waals surface area contributed by atoms with Crippen molar-refractivity contribution in [1.29, 1.82) is 0 Å². The van der Waals surface area contributed by atoms with Crippen LogP contribution in [-0.4, -0.2) is 24.1 Å². The van der Waals surface area contributed by atoms with Crippen molar-refractivity contribution in [3.63, 3.8) is 0 Å². The number of rotatable bonds is 4. The van der Waals surface area contributed by atoms with E-state index in [1.807, 2.05) is 0 Å². The minimum atomic E-state index is -0.647. The highest BCUT2D eigenvalue weighted by Gasteiger charge is 2.53. The predicted molar refractivity (Wildman–Crippen MR) is 332 cm³/mol. The molecule has 1 atom stereocenters. The molecule has 15 aromatic rings. The number of benzene rings is 12. The first-order chi connectivity index (χ1) is 40.7. The van der Waals surface area contributed by atoms with Crippen LogP contribution in [-0.2, 0) is 10.8 Å². The molecule has 0 saturated carbocycles. The summed E-state index contributed by atoms with van der Waals surface area (Å²) in [4.78, 5) is 16.9. The molecule has 0 saturated heterocycles. The van der Waals surface area contributed by atoms with E-state index in [4.69, 9.17) is 15.0 Å². The standard InChI is InChI=1S/C77H45N5/c1-10-28-61-49(19-1)50-20-2-11-29-62(50)76(61)63-30-12-3-21-51(63)54-40-37-46(43-66(54)76)73-78-74(80-75(79-73)82-71-35-17-8-26-59(71)60-27-9-18-36-72(60)82)47-38-41-55-52-22-4-13-31-64(52)77(67(55)44-47)65-32-14-5-23-53(65)56-42-39-48(45-68(56)77)81-69-33-15-6-24-57(69)58-25-7-16-34-70(58)81/h1-45H. The van der Waals surface area contributed by atoms with E-state index in [0.29, 0.717) is 17.6 Å². The second-order valence-electron chi connectivity index (χ2n) is 22.5. The molecule has 0 fully saturated rings. The van der Waals surface area contributed by atoms with Crippen molar-refractivity contribution in [2.24, 2.45) is 0 Å². The van der Waals surface area contributed by atoms with Crippen molar-refractivity contribution in [3.8, 4) is 78.9 Å². The summed E-state index contributed by atoms with van der Waals surface area (Å²) < 4.78 is 4.68. The van der Waals surface area contributed by atoms with Crippen molar-refractivity contribution < 1.29 is 0 Å². The van der Waals surface area contributed by atoms with Gasteiger partial charge in [0, 0.05) is 38.4 Å². The number of nitrogens with zero attached hydrogens (tertiary/aromatic N) is 5. The fourth-order valence-electron chi connectivity index (χ4n) is 15.7. The topological polar surface area (TPSA) is 48.5 Å². The van der Waals surface area contributed by atoms with Crippen molar-refractivity contribution in [3.05, 3.63) is 317 Å². The molecule has 3 aromatic heterocycles. The number of aromatic nitrogens is 5. The molecule has 0 bridgehead atoms. The largest absolute Gasteiger partial charge is 0.309 e. The Bertz CT molecular complexity index is 5140. The fraction of sp³-hybridized carbons (Fsp3) is 0.0260. The molecule has 0 N–H and O–H groups in total. The number of fused-ring (bicyclic) bond motifs is 26. The summed E-state index contributed by atoms with van der Waals surface area (Å²) in [6.45, 7) is 0. The highest BCUT2D eigenvalue weighted by molar-refractivity contribution is 6.10. The molecule has 378 valence electrons. The highest BCUT2D eigenvalue weighted by atomic mass is 15.2. The van der Waals surface area contributed by atoms with E-state index < -0.39 is 10.8 Å². The molecular weight excluding hydrogens is 995 g/mol. The summed E-state index contributed by atoms with van der Waals surface area (Å²) in [5.41, 5.74) is 26.4. The van der Waals surface area contributed by atoms with E-state index in [9.17, 15) is 0 Å². The van der Waals surface area contributed by atoms with Gasteiger partial charge >= 0.3 is 0 Å². The molecule has 5 heteroatoms. The Labute approximate surface area is 472 Å². The summed E-state index contributed by atoms with van der Waals surface area (Å²) in [7, 11) is 0. The van der Waals surface area contributed by atoms with Gasteiger partial charge in [0.25, 0.3) is 0 Å². The van der Waals surface area contributed by atoms with Crippen molar-refractivity contribution in [2.75, 3.05) is 0 Å². The predicted octanol–water partition coefficient (Wildman–Crippen LogP) is 18.1. The van der Waals surface area contributed by atoms with Crippen LogP contribution >= 0.6 is 0 Å². The van der Waals surface area contributed by atoms with Crippen LogP contribution in [0.25, 0.3) is 123 Å². The first-order valence-electron chi connectivity index (χ1n) is 28.3.